The van der Waals surface area contributed by atoms with Crippen molar-refractivity contribution >= 4 is 16.9 Å². The zero-order valence-corrected chi connectivity index (χ0v) is 15.1. The molecule has 0 unspecified atom stereocenters. The van der Waals surface area contributed by atoms with E-state index < -0.39 is 6.10 Å². The average Bonchev–Trinajstić information content (AvgIpc) is 3.05. The lowest BCUT2D eigenvalue weighted by molar-refractivity contribution is -0.160. The fourth-order valence-electron chi connectivity index (χ4n) is 5.79. The van der Waals surface area contributed by atoms with E-state index >= 15 is 0 Å². The van der Waals surface area contributed by atoms with Gasteiger partial charge in [-0.3, -0.25) is 9.69 Å². The molecule has 1 saturated carbocycles. The van der Waals surface area contributed by atoms with Crippen LogP contribution in [-0.4, -0.2) is 47.3 Å². The van der Waals surface area contributed by atoms with E-state index in [-0.39, 0.29) is 17.8 Å². The number of para-hydroxylation sites is 1. The smallest absolute Gasteiger partial charge is 0.311 e. The van der Waals surface area contributed by atoms with Crippen LogP contribution in [0.1, 0.15) is 36.6 Å². The molecule has 1 aromatic carbocycles. The molecule has 5 nitrogen and oxygen atoms in total. The van der Waals surface area contributed by atoms with Gasteiger partial charge in [-0.15, -0.1) is 0 Å². The summed E-state index contributed by atoms with van der Waals surface area (Å²) in [5, 5.41) is 11.8. The van der Waals surface area contributed by atoms with Crippen molar-refractivity contribution in [2.75, 3.05) is 20.2 Å². The lowest BCUT2D eigenvalue weighted by Crippen LogP contribution is -2.54. The Morgan fingerprint density at radius 2 is 2.15 bits per heavy atom. The van der Waals surface area contributed by atoms with E-state index in [1.807, 2.05) is 0 Å². The van der Waals surface area contributed by atoms with E-state index in [0.717, 1.165) is 32.4 Å². The molecule has 1 aromatic heterocycles. The molecule has 2 aromatic rings. The molecular weight excluding hydrogens is 328 g/mol. The third kappa shape index (κ3) is 2.33. The molecule has 0 spiro atoms. The summed E-state index contributed by atoms with van der Waals surface area (Å²) in [6.45, 7) is 1.90. The van der Waals surface area contributed by atoms with Crippen LogP contribution in [0.4, 0.5) is 0 Å². The molecule has 1 saturated heterocycles. The van der Waals surface area contributed by atoms with E-state index in [9.17, 15) is 9.90 Å². The number of aliphatic hydroxyl groups is 1. The van der Waals surface area contributed by atoms with Crippen molar-refractivity contribution < 1.29 is 14.6 Å². The van der Waals surface area contributed by atoms with Crippen LogP contribution in [-0.2, 0) is 16.0 Å². The second kappa shape index (κ2) is 6.10. The van der Waals surface area contributed by atoms with Gasteiger partial charge in [0.1, 0.15) is 0 Å². The number of ether oxygens (including phenoxy) is 1. The Bertz CT molecular complexity index is 845. The zero-order valence-electron chi connectivity index (χ0n) is 15.1. The molecule has 138 valence electrons. The Labute approximate surface area is 153 Å². The minimum atomic E-state index is -0.561. The van der Waals surface area contributed by atoms with E-state index in [1.54, 1.807) is 0 Å². The molecule has 5 atom stereocenters. The molecule has 0 amide bonds. The molecule has 2 fully saturated rings. The number of aliphatic hydroxyl groups excluding tert-OH is 1. The molecule has 2 N–H and O–H groups in total. The van der Waals surface area contributed by atoms with Gasteiger partial charge in [-0.25, -0.2) is 0 Å². The number of hydrogen-bond acceptors (Lipinski definition) is 4. The summed E-state index contributed by atoms with van der Waals surface area (Å²) in [7, 11) is 1.43. The first-order chi connectivity index (χ1) is 12.7. The van der Waals surface area contributed by atoms with Crippen LogP contribution >= 0.6 is 0 Å². The Balaban J connectivity index is 1.48. The number of carbonyl (C=O) groups is 1. The predicted octanol–water partition coefficient (Wildman–Crippen LogP) is 2.65. The van der Waals surface area contributed by atoms with Crippen LogP contribution in [0.25, 0.3) is 10.9 Å². The second-order valence-corrected chi connectivity index (χ2v) is 8.18. The Morgan fingerprint density at radius 3 is 3.00 bits per heavy atom. The molecule has 5 heteroatoms. The predicted molar refractivity (Wildman–Crippen MR) is 98.7 cm³/mol. The van der Waals surface area contributed by atoms with Crippen LogP contribution in [0, 0.1) is 17.8 Å². The van der Waals surface area contributed by atoms with Crippen LogP contribution in [0.15, 0.2) is 24.3 Å². The van der Waals surface area contributed by atoms with Gasteiger partial charge < -0.3 is 14.8 Å². The highest BCUT2D eigenvalue weighted by molar-refractivity contribution is 5.85. The van der Waals surface area contributed by atoms with Crippen LogP contribution in [0.2, 0.25) is 0 Å². The number of H-pyrrole nitrogens is 1. The van der Waals surface area contributed by atoms with Crippen molar-refractivity contribution in [1.29, 1.82) is 0 Å². The Morgan fingerprint density at radius 1 is 1.31 bits per heavy atom. The minimum Gasteiger partial charge on any atom is -0.469 e. The summed E-state index contributed by atoms with van der Waals surface area (Å²) in [4.78, 5) is 18.5. The highest BCUT2D eigenvalue weighted by atomic mass is 16.5. The normalized spacial score (nSPS) is 34.0. The van der Waals surface area contributed by atoms with Crippen molar-refractivity contribution in [2.24, 2.45) is 17.8 Å². The highest BCUT2D eigenvalue weighted by Gasteiger charge is 2.49. The number of nitrogens with zero attached hydrogens (tertiary/aromatic N) is 1. The summed E-state index contributed by atoms with van der Waals surface area (Å²) >= 11 is 0. The van der Waals surface area contributed by atoms with Gasteiger partial charge >= 0.3 is 5.97 Å². The maximum Gasteiger partial charge on any atom is 0.311 e. The number of aromatic amines is 1. The first-order valence-corrected chi connectivity index (χ1v) is 9.76. The third-order valence-electron chi connectivity index (χ3n) is 7.03. The molecule has 0 bridgehead atoms. The van der Waals surface area contributed by atoms with Crippen molar-refractivity contribution in [3.63, 3.8) is 0 Å². The van der Waals surface area contributed by atoms with Gasteiger partial charge in [0, 0.05) is 29.7 Å². The number of rotatable bonds is 1. The van der Waals surface area contributed by atoms with Crippen LogP contribution < -0.4 is 0 Å². The van der Waals surface area contributed by atoms with Gasteiger partial charge in [0.05, 0.1) is 25.2 Å². The summed E-state index contributed by atoms with van der Waals surface area (Å²) in [6, 6.07) is 8.98. The number of aromatic nitrogens is 1. The fraction of sp³-hybridized carbons (Fsp3) is 0.571. The maximum atomic E-state index is 12.3. The summed E-state index contributed by atoms with van der Waals surface area (Å²) in [5.41, 5.74) is 4.07. The van der Waals surface area contributed by atoms with Crippen LogP contribution in [0.5, 0.6) is 0 Å². The standard InChI is InChI=1S/C21H26N2O3/c1-26-21(25)19-15-11-23-9-8-14-13-4-2-3-5-16(13)22-20(14)17(23)10-12(15)6-7-18(19)24/h2-5,12,15,17-19,22,24H,6-11H2,1H3/t12-,15+,17+,18+,19-/m1/s1. The molecule has 1 aliphatic carbocycles. The molecule has 0 radical (unpaired) electrons. The molecular formula is C21H26N2O3. The van der Waals surface area contributed by atoms with E-state index in [1.165, 1.54) is 29.3 Å². The molecule has 3 heterocycles. The average molecular weight is 354 g/mol. The number of carbonyl (C=O) groups excluding carboxylic acids is 1. The van der Waals surface area contributed by atoms with Gasteiger partial charge in [0.25, 0.3) is 0 Å². The molecule has 2 aliphatic heterocycles. The molecule has 5 rings (SSSR count). The van der Waals surface area contributed by atoms with E-state index in [4.69, 9.17) is 4.74 Å². The summed E-state index contributed by atoms with van der Waals surface area (Å²) < 4.78 is 5.02. The number of nitrogens with one attached hydrogen (secondary N) is 1. The largest absolute Gasteiger partial charge is 0.469 e. The second-order valence-electron chi connectivity index (χ2n) is 8.18. The number of methoxy groups -OCH3 is 1. The van der Waals surface area contributed by atoms with Gasteiger partial charge in [-0.05, 0) is 49.1 Å². The first kappa shape index (κ1) is 16.3. The van der Waals surface area contributed by atoms with Crippen LogP contribution in [0.3, 0.4) is 0 Å². The van der Waals surface area contributed by atoms with Crippen molar-refractivity contribution in [1.82, 2.24) is 9.88 Å². The maximum absolute atomic E-state index is 12.3. The van der Waals surface area contributed by atoms with Gasteiger partial charge in [0.15, 0.2) is 0 Å². The Hall–Kier alpha value is -1.85. The SMILES string of the molecule is COC(=O)[C@@H]1[C@H]2CN3CCc4c([nH]c5ccccc45)[C@@H]3C[C@H]2CC[C@@H]1O. The summed E-state index contributed by atoms with van der Waals surface area (Å²) in [5.74, 6) is 0.0623. The van der Waals surface area contributed by atoms with E-state index in [2.05, 4.69) is 34.1 Å². The van der Waals surface area contributed by atoms with E-state index in [0.29, 0.717) is 18.4 Å². The molecule has 3 aliphatic rings. The van der Waals surface area contributed by atoms with Crippen molar-refractivity contribution in [3.05, 3.63) is 35.5 Å². The number of esters is 1. The summed E-state index contributed by atoms with van der Waals surface area (Å²) in [6.07, 6.45) is 3.24. The zero-order chi connectivity index (χ0) is 17.8. The number of benzene rings is 1. The van der Waals surface area contributed by atoms with Crippen molar-refractivity contribution in [3.8, 4) is 0 Å². The van der Waals surface area contributed by atoms with Gasteiger partial charge in [-0.2, -0.15) is 0 Å². The van der Waals surface area contributed by atoms with Crippen molar-refractivity contribution in [2.45, 2.75) is 37.8 Å². The number of hydrogen-bond donors (Lipinski definition) is 2. The number of fused-ring (bicyclic) bond motifs is 6. The molecule has 26 heavy (non-hydrogen) atoms. The highest BCUT2D eigenvalue weighted by Crippen LogP contribution is 2.49. The first-order valence-electron chi connectivity index (χ1n) is 9.76. The quantitative estimate of drug-likeness (QED) is 0.773. The monoisotopic (exact) mass is 354 g/mol. The lowest BCUT2D eigenvalue weighted by atomic mass is 9.65. The lowest BCUT2D eigenvalue weighted by Gasteiger charge is -2.50. The number of piperidine rings is 1. The van der Waals surface area contributed by atoms with Gasteiger partial charge in [0.2, 0.25) is 0 Å². The minimum absolute atomic E-state index is 0.202. The Kier molecular flexibility index (Phi) is 3.83. The topological polar surface area (TPSA) is 65.6 Å². The van der Waals surface area contributed by atoms with Gasteiger partial charge in [-0.1, -0.05) is 18.2 Å². The third-order valence-corrected chi connectivity index (χ3v) is 7.03. The fourth-order valence-corrected chi connectivity index (χ4v) is 5.79.